The van der Waals surface area contributed by atoms with Gasteiger partial charge in [0.05, 0.1) is 11.3 Å². The summed E-state index contributed by atoms with van der Waals surface area (Å²) in [5.74, 6) is -0.653. The third-order valence-corrected chi connectivity index (χ3v) is 2.68. The summed E-state index contributed by atoms with van der Waals surface area (Å²) in [7, 11) is 0. The lowest BCUT2D eigenvalue weighted by Crippen LogP contribution is -1.96. The second-order valence-electron chi connectivity index (χ2n) is 2.85. The van der Waals surface area contributed by atoms with Crippen molar-refractivity contribution in [3.05, 3.63) is 38.9 Å². The maximum Gasteiger partial charge on any atom is 0.145 e. The number of nitrogens with zero attached hydrogens (tertiary/aromatic N) is 3. The fourth-order valence-electron chi connectivity index (χ4n) is 0.983. The van der Waals surface area contributed by atoms with Gasteiger partial charge in [-0.3, -0.25) is 0 Å². The van der Waals surface area contributed by atoms with Crippen LogP contribution < -0.4 is 5.32 Å². The normalized spacial score (nSPS) is 8.41. The molecule has 0 saturated heterocycles. The molecule has 0 radical (unpaired) electrons. The highest BCUT2D eigenvalue weighted by Crippen LogP contribution is 2.22. The zero-order chi connectivity index (χ0) is 12.8. The Kier molecular flexibility index (Phi) is 4.45. The van der Waals surface area contributed by atoms with Crippen LogP contribution in [0.1, 0.15) is 5.56 Å². The Morgan fingerprint density at radius 3 is 2.47 bits per heavy atom. The smallest absolute Gasteiger partial charge is 0.145 e. The lowest BCUT2D eigenvalue weighted by molar-refractivity contribution is 0.624. The first-order chi connectivity index (χ1) is 8.12. The van der Waals surface area contributed by atoms with Gasteiger partial charge in [-0.05, 0) is 34.7 Å². The van der Waals surface area contributed by atoms with Crippen LogP contribution in [-0.4, -0.2) is 0 Å². The van der Waals surface area contributed by atoms with Crippen molar-refractivity contribution < 1.29 is 4.39 Å². The molecule has 6 heteroatoms. The summed E-state index contributed by atoms with van der Waals surface area (Å²) in [5.41, 5.74) is 0.223. The van der Waals surface area contributed by atoms with E-state index in [1.165, 1.54) is 12.3 Å². The molecule has 0 aliphatic heterocycles. The molecule has 1 rings (SSSR count). The van der Waals surface area contributed by atoms with Gasteiger partial charge >= 0.3 is 0 Å². The number of hydrogen-bond acceptors (Lipinski definition) is 4. The number of anilines is 1. The van der Waals surface area contributed by atoms with Crippen molar-refractivity contribution in [1.29, 1.82) is 15.8 Å². The van der Waals surface area contributed by atoms with E-state index in [0.717, 1.165) is 6.07 Å². The summed E-state index contributed by atoms with van der Waals surface area (Å²) in [6.45, 7) is 0. The maximum atomic E-state index is 13.3. The number of rotatable bonds is 2. The Balaban J connectivity index is 3.08. The first kappa shape index (κ1) is 13.0. The third-order valence-electron chi connectivity index (χ3n) is 1.79. The van der Waals surface area contributed by atoms with Gasteiger partial charge in [0.15, 0.2) is 0 Å². The molecule has 0 heterocycles. The van der Waals surface area contributed by atoms with Crippen LogP contribution in [0.15, 0.2) is 23.9 Å². The van der Waals surface area contributed by atoms with Crippen molar-refractivity contribution in [2.24, 2.45) is 0 Å². The van der Waals surface area contributed by atoms with Crippen molar-refractivity contribution in [2.45, 2.75) is 0 Å². The van der Waals surface area contributed by atoms with Crippen LogP contribution in [0.5, 0.6) is 0 Å². The average molecular weight is 338 g/mol. The van der Waals surface area contributed by atoms with Gasteiger partial charge in [-0.1, -0.05) is 0 Å². The van der Waals surface area contributed by atoms with Crippen molar-refractivity contribution in [1.82, 2.24) is 0 Å². The predicted molar refractivity (Wildman–Crippen MR) is 66.8 cm³/mol. The van der Waals surface area contributed by atoms with Crippen LogP contribution in [0.2, 0.25) is 0 Å². The van der Waals surface area contributed by atoms with Gasteiger partial charge in [0.25, 0.3) is 0 Å². The second-order valence-corrected chi connectivity index (χ2v) is 4.01. The van der Waals surface area contributed by atoms with Crippen LogP contribution in [0.3, 0.4) is 0 Å². The quantitative estimate of drug-likeness (QED) is 0.664. The minimum atomic E-state index is -0.653. The standard InChI is InChI=1S/C11H4FIN4/c12-9-2-11(10(13)1-8(9)5-16)17-6-7(3-14)4-15/h1-2,6,17H. The number of halogens is 2. The monoisotopic (exact) mass is 338 g/mol. The van der Waals surface area contributed by atoms with E-state index >= 15 is 0 Å². The van der Waals surface area contributed by atoms with Gasteiger partial charge in [0.1, 0.15) is 29.6 Å². The molecule has 82 valence electrons. The van der Waals surface area contributed by atoms with Crippen LogP contribution >= 0.6 is 22.6 Å². The van der Waals surface area contributed by atoms with Crippen molar-refractivity contribution in [3.8, 4) is 18.2 Å². The largest absolute Gasteiger partial charge is 0.359 e. The minimum absolute atomic E-state index is 0.0512. The fourth-order valence-corrected chi connectivity index (χ4v) is 1.61. The molecule has 0 fully saturated rings. The molecule has 0 spiro atoms. The molecule has 0 bridgehead atoms. The molecule has 4 nitrogen and oxygen atoms in total. The average Bonchev–Trinajstić information content (AvgIpc) is 2.34. The van der Waals surface area contributed by atoms with E-state index in [9.17, 15) is 4.39 Å². The molecule has 0 saturated carbocycles. The predicted octanol–water partition coefficient (Wildman–Crippen LogP) is 2.64. The first-order valence-electron chi connectivity index (χ1n) is 4.28. The number of nitrogens with one attached hydrogen (secondary N) is 1. The molecule has 17 heavy (non-hydrogen) atoms. The Morgan fingerprint density at radius 2 is 1.94 bits per heavy atom. The van der Waals surface area contributed by atoms with E-state index in [0.29, 0.717) is 9.26 Å². The maximum absolute atomic E-state index is 13.3. The van der Waals surface area contributed by atoms with Gasteiger partial charge in [0.2, 0.25) is 0 Å². The van der Waals surface area contributed by atoms with Gasteiger partial charge in [-0.25, -0.2) is 4.39 Å². The summed E-state index contributed by atoms with van der Waals surface area (Å²) in [6, 6.07) is 7.58. The SMILES string of the molecule is N#CC(C#N)=CNc1cc(F)c(C#N)cc1I. The summed E-state index contributed by atoms with van der Waals surface area (Å²) in [6.07, 6.45) is 1.18. The highest BCUT2D eigenvalue weighted by atomic mass is 127. The summed E-state index contributed by atoms with van der Waals surface area (Å²) < 4.78 is 13.9. The van der Waals surface area contributed by atoms with E-state index in [2.05, 4.69) is 5.32 Å². The Morgan fingerprint density at radius 1 is 1.29 bits per heavy atom. The Bertz CT molecular complexity index is 586. The Hall–Kier alpha value is -2.11. The lowest BCUT2D eigenvalue weighted by Gasteiger charge is -2.05. The minimum Gasteiger partial charge on any atom is -0.359 e. The van der Waals surface area contributed by atoms with Crippen LogP contribution in [-0.2, 0) is 0 Å². The van der Waals surface area contributed by atoms with Gasteiger partial charge < -0.3 is 5.32 Å². The van der Waals surface area contributed by atoms with Gasteiger partial charge in [-0.15, -0.1) is 0 Å². The first-order valence-corrected chi connectivity index (χ1v) is 5.36. The molecule has 0 aliphatic rings. The second kappa shape index (κ2) is 5.83. The van der Waals surface area contributed by atoms with Crippen molar-refractivity contribution in [3.63, 3.8) is 0 Å². The lowest BCUT2D eigenvalue weighted by atomic mass is 10.2. The summed E-state index contributed by atoms with van der Waals surface area (Å²) in [4.78, 5) is 0. The molecule has 1 N–H and O–H groups in total. The van der Waals surface area contributed by atoms with Crippen molar-refractivity contribution >= 4 is 28.3 Å². The van der Waals surface area contributed by atoms with Crippen LogP contribution in [0.25, 0.3) is 0 Å². The molecule has 0 amide bonds. The highest BCUT2D eigenvalue weighted by Gasteiger charge is 2.07. The zero-order valence-corrected chi connectivity index (χ0v) is 10.5. The van der Waals surface area contributed by atoms with E-state index in [1.54, 1.807) is 18.2 Å². The van der Waals surface area contributed by atoms with E-state index < -0.39 is 5.82 Å². The molecule has 0 atom stereocenters. The molecule has 1 aromatic rings. The number of nitriles is 3. The number of hydrogen-bond donors (Lipinski definition) is 1. The molecular weight excluding hydrogens is 334 g/mol. The summed E-state index contributed by atoms with van der Waals surface area (Å²) in [5, 5.41) is 28.3. The van der Waals surface area contributed by atoms with E-state index in [1.807, 2.05) is 22.6 Å². The fraction of sp³-hybridized carbons (Fsp3) is 0. The summed E-state index contributed by atoms with van der Waals surface area (Å²) >= 11 is 1.92. The molecule has 1 aromatic carbocycles. The van der Waals surface area contributed by atoms with E-state index in [-0.39, 0.29) is 11.1 Å². The number of benzene rings is 1. The Labute approximate surface area is 111 Å². The zero-order valence-electron chi connectivity index (χ0n) is 8.33. The van der Waals surface area contributed by atoms with Gasteiger partial charge in [-0.2, -0.15) is 15.8 Å². The van der Waals surface area contributed by atoms with Crippen LogP contribution in [0.4, 0.5) is 10.1 Å². The molecule has 0 aliphatic carbocycles. The van der Waals surface area contributed by atoms with E-state index in [4.69, 9.17) is 15.8 Å². The molecular formula is C11H4FIN4. The molecule has 0 aromatic heterocycles. The molecule has 0 unspecified atom stereocenters. The topological polar surface area (TPSA) is 83.4 Å². The third kappa shape index (κ3) is 3.17. The van der Waals surface area contributed by atoms with Gasteiger partial charge in [0, 0.05) is 9.77 Å². The highest BCUT2D eigenvalue weighted by molar-refractivity contribution is 14.1. The van der Waals surface area contributed by atoms with Crippen molar-refractivity contribution in [2.75, 3.05) is 5.32 Å². The number of allylic oxidation sites excluding steroid dienone is 1. The van der Waals surface area contributed by atoms with Crippen LogP contribution in [0, 0.1) is 43.4 Å².